The van der Waals surface area contributed by atoms with Gasteiger partial charge in [0.25, 0.3) is 5.91 Å². The number of amides is 1. The Bertz CT molecular complexity index is 1020. The first-order valence-corrected chi connectivity index (χ1v) is 10.0. The van der Waals surface area contributed by atoms with Gasteiger partial charge in [0.1, 0.15) is 0 Å². The number of aromatic nitrogens is 3. The standard InChI is InChI=1S/C21H23ClN4O2/c1-12(2)19-24-20(28-25-19)14-7-9-26(10-8-14)21(27)16-11-13(3)23-18-15(16)5-4-6-17(18)22/h4-6,11-12,14H,7-10H2,1-3H3. The average molecular weight is 399 g/mol. The lowest BCUT2D eigenvalue weighted by Gasteiger charge is -2.30. The highest BCUT2D eigenvalue weighted by molar-refractivity contribution is 6.35. The van der Waals surface area contributed by atoms with E-state index in [0.717, 1.165) is 29.7 Å². The molecule has 7 heteroatoms. The third-order valence-electron chi connectivity index (χ3n) is 5.25. The van der Waals surface area contributed by atoms with Crippen LogP contribution in [0.5, 0.6) is 0 Å². The molecule has 1 amide bonds. The monoisotopic (exact) mass is 398 g/mol. The quantitative estimate of drug-likeness (QED) is 0.638. The third-order valence-corrected chi connectivity index (χ3v) is 5.56. The largest absolute Gasteiger partial charge is 0.339 e. The maximum Gasteiger partial charge on any atom is 0.254 e. The molecule has 0 aliphatic carbocycles. The van der Waals surface area contributed by atoms with Crippen molar-refractivity contribution in [3.63, 3.8) is 0 Å². The van der Waals surface area contributed by atoms with E-state index in [9.17, 15) is 4.79 Å². The van der Waals surface area contributed by atoms with Crippen molar-refractivity contribution in [1.29, 1.82) is 0 Å². The number of hydrogen-bond donors (Lipinski definition) is 0. The van der Waals surface area contributed by atoms with Gasteiger partial charge in [-0.25, -0.2) is 0 Å². The predicted molar refractivity (Wildman–Crippen MR) is 108 cm³/mol. The van der Waals surface area contributed by atoms with Crippen molar-refractivity contribution >= 4 is 28.4 Å². The highest BCUT2D eigenvalue weighted by Gasteiger charge is 2.29. The van der Waals surface area contributed by atoms with Gasteiger partial charge >= 0.3 is 0 Å². The van der Waals surface area contributed by atoms with Crippen molar-refractivity contribution in [2.24, 2.45) is 0 Å². The van der Waals surface area contributed by atoms with Gasteiger partial charge < -0.3 is 9.42 Å². The lowest BCUT2D eigenvalue weighted by atomic mass is 9.95. The number of carbonyl (C=O) groups is 1. The van der Waals surface area contributed by atoms with Crippen LogP contribution >= 0.6 is 11.6 Å². The third kappa shape index (κ3) is 3.49. The minimum absolute atomic E-state index is 0.0182. The van der Waals surface area contributed by atoms with Crippen LogP contribution in [-0.2, 0) is 0 Å². The molecule has 28 heavy (non-hydrogen) atoms. The van der Waals surface area contributed by atoms with Gasteiger partial charge in [0.05, 0.1) is 16.1 Å². The maximum atomic E-state index is 13.2. The Hall–Kier alpha value is -2.47. The van der Waals surface area contributed by atoms with E-state index in [1.54, 1.807) is 6.07 Å². The summed E-state index contributed by atoms with van der Waals surface area (Å²) in [7, 11) is 0. The Balaban J connectivity index is 1.53. The van der Waals surface area contributed by atoms with E-state index in [-0.39, 0.29) is 17.7 Å². The summed E-state index contributed by atoms with van der Waals surface area (Å²) in [6.07, 6.45) is 1.63. The number of benzene rings is 1. The normalized spacial score (nSPS) is 15.5. The first-order chi connectivity index (χ1) is 13.4. The zero-order valence-electron chi connectivity index (χ0n) is 16.3. The number of hydrogen-bond acceptors (Lipinski definition) is 5. The molecule has 0 N–H and O–H groups in total. The SMILES string of the molecule is Cc1cc(C(=O)N2CCC(c3nc(C(C)C)no3)CC2)c2cccc(Cl)c2n1. The van der Waals surface area contributed by atoms with Crippen LogP contribution in [0.1, 0.15) is 66.3 Å². The number of halogens is 1. The summed E-state index contributed by atoms with van der Waals surface area (Å²) in [4.78, 5) is 24.1. The van der Waals surface area contributed by atoms with E-state index < -0.39 is 0 Å². The molecule has 1 aliphatic heterocycles. The zero-order valence-corrected chi connectivity index (χ0v) is 17.0. The van der Waals surface area contributed by atoms with Crippen LogP contribution < -0.4 is 0 Å². The van der Waals surface area contributed by atoms with Gasteiger partial charge in [-0.05, 0) is 31.9 Å². The Morgan fingerprint density at radius 2 is 2.00 bits per heavy atom. The molecule has 0 unspecified atom stereocenters. The molecule has 6 nitrogen and oxygen atoms in total. The lowest BCUT2D eigenvalue weighted by molar-refractivity contribution is 0.0706. The van der Waals surface area contributed by atoms with Crippen molar-refractivity contribution in [3.05, 3.63) is 52.3 Å². The summed E-state index contributed by atoms with van der Waals surface area (Å²) >= 11 is 6.29. The molecule has 0 bridgehead atoms. The molecule has 0 radical (unpaired) electrons. The summed E-state index contributed by atoms with van der Waals surface area (Å²) < 4.78 is 5.44. The van der Waals surface area contributed by atoms with Gasteiger partial charge in [-0.3, -0.25) is 9.78 Å². The highest BCUT2D eigenvalue weighted by Crippen LogP contribution is 2.30. The molecule has 1 fully saturated rings. The number of piperidine rings is 1. The van der Waals surface area contributed by atoms with Crippen LogP contribution in [0.25, 0.3) is 10.9 Å². The zero-order chi connectivity index (χ0) is 19.8. The Morgan fingerprint density at radius 1 is 1.25 bits per heavy atom. The van der Waals surface area contributed by atoms with Crippen molar-refractivity contribution in [2.75, 3.05) is 13.1 Å². The van der Waals surface area contributed by atoms with Gasteiger partial charge in [0.15, 0.2) is 5.82 Å². The van der Waals surface area contributed by atoms with Gasteiger partial charge in [-0.1, -0.05) is 42.7 Å². The number of fused-ring (bicyclic) bond motifs is 1. The smallest absolute Gasteiger partial charge is 0.254 e. The van der Waals surface area contributed by atoms with E-state index in [4.69, 9.17) is 16.1 Å². The molecule has 0 atom stereocenters. The van der Waals surface area contributed by atoms with Crippen molar-refractivity contribution in [3.8, 4) is 0 Å². The molecule has 1 saturated heterocycles. The van der Waals surface area contributed by atoms with E-state index in [1.807, 2.05) is 43.9 Å². The molecule has 3 aromatic rings. The maximum absolute atomic E-state index is 13.2. The second-order valence-electron chi connectivity index (χ2n) is 7.66. The highest BCUT2D eigenvalue weighted by atomic mass is 35.5. The fourth-order valence-electron chi connectivity index (χ4n) is 3.67. The minimum atomic E-state index is 0.0182. The van der Waals surface area contributed by atoms with Crippen LogP contribution in [0.15, 0.2) is 28.8 Å². The molecule has 0 spiro atoms. The van der Waals surface area contributed by atoms with Crippen LogP contribution in [0.3, 0.4) is 0 Å². The fraction of sp³-hybridized carbons (Fsp3) is 0.429. The van der Waals surface area contributed by atoms with Gasteiger partial charge in [-0.15, -0.1) is 0 Å². The molecular weight excluding hydrogens is 376 g/mol. The van der Waals surface area contributed by atoms with Crippen molar-refractivity contribution in [2.45, 2.75) is 45.4 Å². The Morgan fingerprint density at radius 3 is 2.68 bits per heavy atom. The molecule has 2 aromatic heterocycles. The summed E-state index contributed by atoms with van der Waals surface area (Å²) in [5.41, 5.74) is 2.11. The second-order valence-corrected chi connectivity index (χ2v) is 8.07. The number of nitrogens with zero attached hydrogens (tertiary/aromatic N) is 4. The molecule has 4 rings (SSSR count). The summed E-state index contributed by atoms with van der Waals surface area (Å²) in [5.74, 6) is 1.89. The lowest BCUT2D eigenvalue weighted by Crippen LogP contribution is -2.38. The molecule has 0 saturated carbocycles. The summed E-state index contributed by atoms with van der Waals surface area (Å²) in [5, 5.41) is 5.42. The molecule has 3 heterocycles. The molecule has 1 aliphatic rings. The van der Waals surface area contributed by atoms with E-state index in [0.29, 0.717) is 35.1 Å². The number of para-hydroxylation sites is 1. The molecule has 1 aromatic carbocycles. The first kappa shape index (κ1) is 18.9. The fourth-order valence-corrected chi connectivity index (χ4v) is 3.88. The summed E-state index contributed by atoms with van der Waals surface area (Å²) in [6, 6.07) is 7.40. The van der Waals surface area contributed by atoms with Gasteiger partial charge in [0.2, 0.25) is 5.89 Å². The first-order valence-electron chi connectivity index (χ1n) is 9.62. The van der Waals surface area contributed by atoms with Crippen LogP contribution in [0, 0.1) is 6.92 Å². The van der Waals surface area contributed by atoms with Gasteiger partial charge in [-0.2, -0.15) is 4.98 Å². The molecule has 146 valence electrons. The van der Waals surface area contributed by atoms with Crippen molar-refractivity contribution < 1.29 is 9.32 Å². The average Bonchev–Trinajstić information content (AvgIpc) is 3.18. The van der Waals surface area contributed by atoms with Crippen LogP contribution in [-0.4, -0.2) is 39.0 Å². The van der Waals surface area contributed by atoms with E-state index >= 15 is 0 Å². The Labute approximate surface area is 168 Å². The Kier molecular flexibility index (Phi) is 5.06. The number of likely N-dealkylation sites (tertiary alicyclic amines) is 1. The topological polar surface area (TPSA) is 72.1 Å². The number of aryl methyl sites for hydroxylation is 1. The number of rotatable bonds is 3. The minimum Gasteiger partial charge on any atom is -0.339 e. The summed E-state index contributed by atoms with van der Waals surface area (Å²) in [6.45, 7) is 7.29. The van der Waals surface area contributed by atoms with Gasteiger partial charge in [0, 0.05) is 36.0 Å². The predicted octanol–water partition coefficient (Wildman–Crippen LogP) is 4.72. The number of carbonyl (C=O) groups excluding carboxylic acids is 1. The van der Waals surface area contributed by atoms with Crippen LogP contribution in [0.4, 0.5) is 0 Å². The van der Waals surface area contributed by atoms with E-state index in [1.165, 1.54) is 0 Å². The second kappa shape index (κ2) is 7.51. The van der Waals surface area contributed by atoms with E-state index in [2.05, 4.69) is 15.1 Å². The number of pyridine rings is 1. The molecular formula is C21H23ClN4O2. The van der Waals surface area contributed by atoms with Crippen molar-refractivity contribution in [1.82, 2.24) is 20.0 Å². The van der Waals surface area contributed by atoms with Crippen LogP contribution in [0.2, 0.25) is 5.02 Å².